The first-order valence-corrected chi connectivity index (χ1v) is 14.4. The molecule has 0 aromatic carbocycles. The van der Waals surface area contributed by atoms with Gasteiger partial charge in [-0.1, -0.05) is 12.1 Å². The first kappa shape index (κ1) is 21.7. The third kappa shape index (κ3) is 8.32. The van der Waals surface area contributed by atoms with E-state index in [4.69, 9.17) is 24.0 Å². The van der Waals surface area contributed by atoms with Crippen molar-refractivity contribution in [3.8, 4) is 5.75 Å². The summed E-state index contributed by atoms with van der Waals surface area (Å²) in [5, 5.41) is 0. The van der Waals surface area contributed by atoms with Crippen molar-refractivity contribution in [2.24, 2.45) is 0 Å². The summed E-state index contributed by atoms with van der Waals surface area (Å²) in [7, 11) is 11.5. The molecule has 0 aliphatic carbocycles. The van der Waals surface area contributed by atoms with Crippen LogP contribution in [-0.2, 0) is 35.0 Å². The van der Waals surface area contributed by atoms with Gasteiger partial charge in [0.1, 0.15) is 5.75 Å². The Labute approximate surface area is 175 Å². The topological polar surface area (TPSA) is 51.1 Å². The van der Waals surface area contributed by atoms with Crippen molar-refractivity contribution in [2.75, 3.05) is 7.11 Å². The summed E-state index contributed by atoms with van der Waals surface area (Å²) < 4.78 is 5.29. The SMILES string of the molecule is COc1ccnc(CN(Cc2ccccn2)Cc2ccccn2)c1.[Cl][Os][Cl]. The molecule has 0 radical (unpaired) electrons. The number of ether oxygens (including phenoxy) is 1. The number of rotatable bonds is 7. The monoisotopic (exact) mass is 582 g/mol. The van der Waals surface area contributed by atoms with Gasteiger partial charge < -0.3 is 4.74 Å². The standard InChI is InChI=1S/C19H20N4O.2ClH.Os/c1-24-19-8-11-22-18(12-19)15-23(13-16-6-2-4-9-20-16)14-17-7-3-5-10-21-17;;;/h2-12H,13-15H2,1H3;2*1H;/q;;;+2/p-2. The minimum absolute atomic E-state index is 0.639. The number of methoxy groups -OCH3 is 1. The van der Waals surface area contributed by atoms with Gasteiger partial charge in [-0.3, -0.25) is 19.9 Å². The van der Waals surface area contributed by atoms with Gasteiger partial charge in [0.15, 0.2) is 0 Å². The summed E-state index contributed by atoms with van der Waals surface area (Å²) in [4.78, 5) is 15.6. The zero-order chi connectivity index (χ0) is 19.3. The van der Waals surface area contributed by atoms with Crippen LogP contribution in [0.3, 0.4) is 0 Å². The predicted octanol–water partition coefficient (Wildman–Crippen LogP) is 4.46. The molecule has 0 atom stereocenters. The van der Waals surface area contributed by atoms with E-state index in [0.717, 1.165) is 35.9 Å². The number of hydrogen-bond acceptors (Lipinski definition) is 5. The Morgan fingerprint density at radius 2 is 1.33 bits per heavy atom. The van der Waals surface area contributed by atoms with E-state index < -0.39 is 15.4 Å². The predicted molar refractivity (Wildman–Crippen MR) is 104 cm³/mol. The normalized spacial score (nSPS) is 10.4. The van der Waals surface area contributed by atoms with Crippen LogP contribution in [0, 0.1) is 0 Å². The summed E-state index contributed by atoms with van der Waals surface area (Å²) >= 11 is -0.639. The maximum absolute atomic E-state index is 5.29. The molecule has 0 N–H and O–H groups in total. The average molecular weight is 582 g/mol. The van der Waals surface area contributed by atoms with Crippen LogP contribution in [0.1, 0.15) is 17.1 Å². The van der Waals surface area contributed by atoms with Crippen LogP contribution >= 0.6 is 19.3 Å². The number of halogens is 2. The molecule has 0 amide bonds. The summed E-state index contributed by atoms with van der Waals surface area (Å²) in [5.41, 5.74) is 3.01. The molecular formula is C19H20Cl2N4OOs. The molecule has 0 saturated heterocycles. The molecule has 0 aliphatic rings. The van der Waals surface area contributed by atoms with Gasteiger partial charge in [0.25, 0.3) is 0 Å². The molecule has 0 fully saturated rings. The van der Waals surface area contributed by atoms with Crippen molar-refractivity contribution in [3.63, 3.8) is 0 Å². The number of nitrogens with zero attached hydrogens (tertiary/aromatic N) is 4. The molecular weight excluding hydrogens is 561 g/mol. The second-order valence-corrected chi connectivity index (χ2v) is 9.20. The van der Waals surface area contributed by atoms with Crippen LogP contribution in [0.15, 0.2) is 67.1 Å². The third-order valence-corrected chi connectivity index (χ3v) is 3.63. The van der Waals surface area contributed by atoms with Crippen molar-refractivity contribution < 1.29 is 20.1 Å². The van der Waals surface area contributed by atoms with Gasteiger partial charge in [0, 0.05) is 44.3 Å². The Morgan fingerprint density at radius 3 is 1.81 bits per heavy atom. The third-order valence-electron chi connectivity index (χ3n) is 3.63. The Morgan fingerprint density at radius 1 is 0.815 bits per heavy atom. The zero-order valence-corrected chi connectivity index (χ0v) is 18.8. The van der Waals surface area contributed by atoms with Crippen LogP contribution in [-0.4, -0.2) is 27.0 Å². The molecule has 3 aromatic rings. The Balaban J connectivity index is 0.000000817. The van der Waals surface area contributed by atoms with Crippen molar-refractivity contribution in [2.45, 2.75) is 19.6 Å². The van der Waals surface area contributed by atoms with Gasteiger partial charge in [-0.25, -0.2) is 0 Å². The van der Waals surface area contributed by atoms with E-state index in [2.05, 4.69) is 19.9 Å². The molecule has 144 valence electrons. The van der Waals surface area contributed by atoms with E-state index >= 15 is 0 Å². The summed E-state index contributed by atoms with van der Waals surface area (Å²) in [5.74, 6) is 0.815. The fourth-order valence-corrected chi connectivity index (χ4v) is 2.51. The molecule has 27 heavy (non-hydrogen) atoms. The fraction of sp³-hybridized carbons (Fsp3) is 0.211. The van der Waals surface area contributed by atoms with Gasteiger partial charge >= 0.3 is 34.7 Å². The summed E-state index contributed by atoms with van der Waals surface area (Å²) in [6.45, 7) is 2.16. The Hall–Kier alpha value is -1.57. The first-order valence-electron chi connectivity index (χ1n) is 8.11. The van der Waals surface area contributed by atoms with Gasteiger partial charge in [0.05, 0.1) is 24.2 Å². The first-order chi connectivity index (χ1) is 13.2. The number of hydrogen-bond donors (Lipinski definition) is 0. The van der Waals surface area contributed by atoms with Gasteiger partial charge in [-0.15, -0.1) is 0 Å². The number of aromatic nitrogens is 3. The van der Waals surface area contributed by atoms with E-state index in [1.807, 2.05) is 60.9 Å². The average Bonchev–Trinajstić information content (AvgIpc) is 2.70. The van der Waals surface area contributed by atoms with E-state index in [1.165, 1.54) is 0 Å². The van der Waals surface area contributed by atoms with Crippen LogP contribution in [0.25, 0.3) is 0 Å². The summed E-state index contributed by atoms with van der Waals surface area (Å²) in [6.07, 6.45) is 5.41. The Bertz CT molecular complexity index is 739. The van der Waals surface area contributed by atoms with Gasteiger partial charge in [0.2, 0.25) is 0 Å². The fourth-order valence-electron chi connectivity index (χ4n) is 2.51. The number of pyridine rings is 3. The molecule has 5 nitrogen and oxygen atoms in total. The van der Waals surface area contributed by atoms with Crippen LogP contribution in [0.5, 0.6) is 5.75 Å². The summed E-state index contributed by atoms with van der Waals surface area (Å²) in [6, 6.07) is 15.7. The van der Waals surface area contributed by atoms with E-state index in [9.17, 15) is 0 Å². The quantitative estimate of drug-likeness (QED) is 0.413. The molecule has 3 rings (SSSR count). The molecule has 8 heteroatoms. The maximum atomic E-state index is 5.29. The van der Waals surface area contributed by atoms with Gasteiger partial charge in [-0.05, 0) is 30.3 Å². The second-order valence-electron chi connectivity index (χ2n) is 5.52. The van der Waals surface area contributed by atoms with E-state index in [-0.39, 0.29) is 0 Å². The van der Waals surface area contributed by atoms with E-state index in [1.54, 1.807) is 13.3 Å². The van der Waals surface area contributed by atoms with Crippen molar-refractivity contribution in [3.05, 3.63) is 84.2 Å². The zero-order valence-electron chi connectivity index (χ0n) is 14.8. The molecule has 0 bridgehead atoms. The molecule has 0 saturated carbocycles. The minimum atomic E-state index is -0.639. The Kier molecular flexibility index (Phi) is 10.3. The molecule has 0 spiro atoms. The van der Waals surface area contributed by atoms with E-state index in [0.29, 0.717) is 6.54 Å². The molecule has 0 unspecified atom stereocenters. The van der Waals surface area contributed by atoms with Crippen LogP contribution < -0.4 is 4.74 Å². The second kappa shape index (κ2) is 12.7. The molecule has 0 aliphatic heterocycles. The van der Waals surface area contributed by atoms with Crippen molar-refractivity contribution in [1.29, 1.82) is 0 Å². The van der Waals surface area contributed by atoms with Crippen molar-refractivity contribution >= 4 is 19.3 Å². The van der Waals surface area contributed by atoms with Crippen LogP contribution in [0.2, 0.25) is 0 Å². The molecule has 3 heterocycles. The van der Waals surface area contributed by atoms with Gasteiger partial charge in [-0.2, -0.15) is 0 Å². The molecule has 3 aromatic heterocycles. The van der Waals surface area contributed by atoms with Crippen molar-refractivity contribution in [1.82, 2.24) is 19.9 Å². The van der Waals surface area contributed by atoms with Crippen LogP contribution in [0.4, 0.5) is 0 Å².